The summed E-state index contributed by atoms with van der Waals surface area (Å²) in [6.07, 6.45) is 4.30. The molecule has 2 aromatic rings. The van der Waals surface area contributed by atoms with Crippen molar-refractivity contribution >= 4 is 12.2 Å². The maximum absolute atomic E-state index is 2.19. The Morgan fingerprint density at radius 1 is 0.722 bits per heavy atom. The van der Waals surface area contributed by atoms with Crippen LogP contribution < -0.4 is 35.3 Å². The zero-order chi connectivity index (χ0) is 11.4. The quantitative estimate of drug-likeness (QED) is 0.511. The van der Waals surface area contributed by atoms with E-state index in [4.69, 9.17) is 0 Å². The Morgan fingerprint density at radius 3 is 1.72 bits per heavy atom. The van der Waals surface area contributed by atoms with Gasteiger partial charge < -0.3 is 24.8 Å². The molecule has 0 heterocycles. The van der Waals surface area contributed by atoms with Crippen molar-refractivity contribution in [1.29, 1.82) is 0 Å². The van der Waals surface area contributed by atoms with Crippen molar-refractivity contribution < 1.29 is 24.8 Å². The Bertz CT molecular complexity index is 560. The molecular formula is C16H16Cl2-2. The van der Waals surface area contributed by atoms with E-state index in [1.165, 1.54) is 21.6 Å². The van der Waals surface area contributed by atoms with Gasteiger partial charge in [-0.05, 0) is 35.9 Å². The molecule has 0 aliphatic heterocycles. The summed E-state index contributed by atoms with van der Waals surface area (Å²) < 4.78 is 0. The maximum Gasteiger partial charge on any atom is -0.0250 e. The van der Waals surface area contributed by atoms with Gasteiger partial charge in [-0.2, -0.15) is 0 Å². The predicted molar refractivity (Wildman–Crippen MR) is 70.6 cm³/mol. The Balaban J connectivity index is 0.00000144. The number of rotatable bonds is 1. The van der Waals surface area contributed by atoms with Crippen molar-refractivity contribution in [2.75, 3.05) is 0 Å². The van der Waals surface area contributed by atoms with Crippen LogP contribution in [0.15, 0.2) is 48.5 Å². The van der Waals surface area contributed by atoms with E-state index >= 15 is 0 Å². The van der Waals surface area contributed by atoms with Gasteiger partial charge in [0.25, 0.3) is 0 Å². The Morgan fingerprint density at radius 2 is 1.22 bits per heavy atom. The molecule has 0 atom stereocenters. The molecule has 2 aromatic carbocycles. The highest BCUT2D eigenvalue weighted by Crippen LogP contribution is 2.02. The fourth-order valence-corrected chi connectivity index (χ4v) is 1.64. The van der Waals surface area contributed by atoms with Gasteiger partial charge in [0.2, 0.25) is 0 Å². The van der Waals surface area contributed by atoms with Crippen LogP contribution in [-0.2, 0) is 0 Å². The minimum Gasteiger partial charge on any atom is -1.00 e. The fraction of sp³-hybridized carbons (Fsp3) is 0.125. The highest BCUT2D eigenvalue weighted by Gasteiger charge is 1.86. The summed E-state index contributed by atoms with van der Waals surface area (Å²) in [5.41, 5.74) is 2.55. The summed E-state index contributed by atoms with van der Waals surface area (Å²) in [7, 11) is 0. The predicted octanol–water partition coefficient (Wildman–Crippen LogP) is -3.37. The second-order valence-corrected chi connectivity index (χ2v) is 4.01. The van der Waals surface area contributed by atoms with Gasteiger partial charge in [-0.1, -0.05) is 60.2 Å². The van der Waals surface area contributed by atoms with Gasteiger partial charge >= 0.3 is 0 Å². The lowest BCUT2D eigenvalue weighted by Crippen LogP contribution is -3.00. The standard InChI is InChI=1S/C16H16.2ClH/c1-3-14-8-10-16(11-9-14)12-15-6-4-13(2)5-7-15;;/h3-12H,1-2H3;2*1H/p-2. The summed E-state index contributed by atoms with van der Waals surface area (Å²) in [6.45, 7) is 4.16. The second-order valence-electron chi connectivity index (χ2n) is 4.01. The summed E-state index contributed by atoms with van der Waals surface area (Å²) in [6, 6.07) is 17.1. The van der Waals surface area contributed by atoms with E-state index < -0.39 is 0 Å². The molecule has 18 heavy (non-hydrogen) atoms. The minimum atomic E-state index is 0. The minimum absolute atomic E-state index is 0. The van der Waals surface area contributed by atoms with Crippen molar-refractivity contribution in [2.45, 2.75) is 13.8 Å². The van der Waals surface area contributed by atoms with E-state index in [2.05, 4.69) is 74.5 Å². The number of benzene rings is 2. The van der Waals surface area contributed by atoms with Crippen LogP contribution in [0.3, 0.4) is 0 Å². The van der Waals surface area contributed by atoms with Gasteiger partial charge in [-0.3, -0.25) is 0 Å². The van der Waals surface area contributed by atoms with E-state index in [-0.39, 0.29) is 24.8 Å². The van der Waals surface area contributed by atoms with Crippen LogP contribution in [0.2, 0.25) is 0 Å². The number of aryl methyl sites for hydroxylation is 1. The molecule has 0 unspecified atom stereocenters. The van der Waals surface area contributed by atoms with Gasteiger partial charge in [0, 0.05) is 0 Å². The Labute approximate surface area is 121 Å². The number of hydrogen-bond acceptors (Lipinski definition) is 0. The fourth-order valence-electron chi connectivity index (χ4n) is 1.64. The van der Waals surface area contributed by atoms with E-state index in [1.54, 1.807) is 0 Å². The van der Waals surface area contributed by atoms with Gasteiger partial charge in [0.1, 0.15) is 0 Å². The molecule has 0 aromatic heterocycles. The molecule has 96 valence electrons. The highest BCUT2D eigenvalue weighted by atomic mass is 35.5. The normalized spacial score (nSPS) is 8.78. The van der Waals surface area contributed by atoms with E-state index in [0.29, 0.717) is 0 Å². The van der Waals surface area contributed by atoms with Crippen LogP contribution in [0, 0.1) is 6.92 Å². The zero-order valence-corrected chi connectivity index (χ0v) is 12.0. The van der Waals surface area contributed by atoms with Crippen molar-refractivity contribution in [2.24, 2.45) is 0 Å². The van der Waals surface area contributed by atoms with Gasteiger partial charge in [0.15, 0.2) is 0 Å². The molecule has 0 spiro atoms. The van der Waals surface area contributed by atoms with Crippen LogP contribution in [0.5, 0.6) is 0 Å². The first-order valence-electron chi connectivity index (χ1n) is 5.59. The Hall–Kier alpha value is -1.24. The molecule has 0 saturated carbocycles. The van der Waals surface area contributed by atoms with E-state index in [0.717, 1.165) is 0 Å². The van der Waals surface area contributed by atoms with Crippen LogP contribution in [0.25, 0.3) is 12.2 Å². The molecular weight excluding hydrogens is 263 g/mol. The first-order valence-corrected chi connectivity index (χ1v) is 5.59. The van der Waals surface area contributed by atoms with Crippen LogP contribution >= 0.6 is 0 Å². The third kappa shape index (κ3) is 4.56. The topological polar surface area (TPSA) is 0 Å². The maximum atomic E-state index is 2.19. The lowest BCUT2D eigenvalue weighted by Gasteiger charge is -1.94. The summed E-state index contributed by atoms with van der Waals surface area (Å²) in [5, 5.41) is 2.51. The summed E-state index contributed by atoms with van der Waals surface area (Å²) >= 11 is 0. The van der Waals surface area contributed by atoms with Gasteiger partial charge in [-0.25, -0.2) is 0 Å². The van der Waals surface area contributed by atoms with E-state index in [9.17, 15) is 0 Å². The molecule has 0 radical (unpaired) electrons. The molecule has 0 bridgehead atoms. The van der Waals surface area contributed by atoms with Crippen LogP contribution in [-0.4, -0.2) is 0 Å². The lowest BCUT2D eigenvalue weighted by molar-refractivity contribution is -0.001000. The molecule has 0 aliphatic rings. The van der Waals surface area contributed by atoms with Gasteiger partial charge in [-0.15, -0.1) is 0 Å². The Kier molecular flexibility index (Phi) is 7.42. The molecule has 0 N–H and O–H groups in total. The smallest absolute Gasteiger partial charge is 0.0250 e. The van der Waals surface area contributed by atoms with Gasteiger partial charge in [0.05, 0.1) is 0 Å². The third-order valence-electron chi connectivity index (χ3n) is 2.68. The van der Waals surface area contributed by atoms with E-state index in [1.807, 2.05) is 0 Å². The lowest BCUT2D eigenvalue weighted by atomic mass is 10.1. The monoisotopic (exact) mass is 278 g/mol. The molecule has 0 saturated heterocycles. The number of halogens is 2. The molecule has 2 heteroatoms. The van der Waals surface area contributed by atoms with Crippen molar-refractivity contribution in [3.63, 3.8) is 0 Å². The second kappa shape index (κ2) is 7.97. The van der Waals surface area contributed by atoms with Crippen LogP contribution in [0.4, 0.5) is 0 Å². The van der Waals surface area contributed by atoms with Crippen molar-refractivity contribution in [1.82, 2.24) is 0 Å². The first kappa shape index (κ1) is 16.8. The summed E-state index contributed by atoms with van der Waals surface area (Å²) in [4.78, 5) is 0. The first-order chi connectivity index (χ1) is 7.78. The van der Waals surface area contributed by atoms with Crippen molar-refractivity contribution in [3.05, 3.63) is 70.1 Å². The molecule has 0 amide bonds. The molecule has 0 nitrogen and oxygen atoms in total. The number of hydrogen-bond donors (Lipinski definition) is 0. The summed E-state index contributed by atoms with van der Waals surface area (Å²) in [5.74, 6) is 0. The van der Waals surface area contributed by atoms with Crippen molar-refractivity contribution in [3.8, 4) is 0 Å². The SMILES string of the molecule is CC=c1ccc(=Cc2ccc(C)cc2)cc1.[Cl-].[Cl-]. The molecule has 0 fully saturated rings. The molecule has 2 rings (SSSR count). The zero-order valence-electron chi connectivity index (χ0n) is 10.5. The molecule has 0 aliphatic carbocycles. The van der Waals surface area contributed by atoms with Crippen LogP contribution in [0.1, 0.15) is 18.1 Å². The third-order valence-corrected chi connectivity index (χ3v) is 2.68. The largest absolute Gasteiger partial charge is 1.00 e. The highest BCUT2D eigenvalue weighted by molar-refractivity contribution is 5.49. The average Bonchev–Trinajstić information content (AvgIpc) is 2.33. The average molecular weight is 279 g/mol.